The maximum atomic E-state index is 13.8. The lowest BCUT2D eigenvalue weighted by Crippen LogP contribution is -2.60. The molecule has 9 unspecified atom stereocenters. The fourth-order valence-corrected chi connectivity index (χ4v) is 8.36. The number of fused-ring (bicyclic) bond motifs is 5. The lowest BCUT2D eigenvalue weighted by Gasteiger charge is -2.58. The number of aliphatic hydroxyl groups is 1. The van der Waals surface area contributed by atoms with Gasteiger partial charge < -0.3 is 9.84 Å². The molecule has 0 saturated heterocycles. The maximum absolute atomic E-state index is 13.8. The number of carbonyl (C=O) groups excluding carboxylic acids is 4. The number of hydrogen-bond acceptors (Lipinski definition) is 6. The number of alkyl halides is 3. The molecule has 0 radical (unpaired) electrons. The van der Waals surface area contributed by atoms with Crippen molar-refractivity contribution in [3.8, 4) is 0 Å². The van der Waals surface area contributed by atoms with Gasteiger partial charge in [0.15, 0.2) is 0 Å². The van der Waals surface area contributed by atoms with Gasteiger partial charge in [-0.2, -0.15) is 13.2 Å². The first-order valence-electron chi connectivity index (χ1n) is 13.2. The summed E-state index contributed by atoms with van der Waals surface area (Å²) in [5.74, 6) is -1.07. The zero-order valence-corrected chi connectivity index (χ0v) is 21.2. The second kappa shape index (κ2) is 9.52. The molecule has 4 aliphatic carbocycles. The van der Waals surface area contributed by atoms with Crippen molar-refractivity contribution in [2.24, 2.45) is 46.3 Å². The van der Waals surface area contributed by atoms with E-state index in [2.05, 4.69) is 11.7 Å². The number of esters is 1. The largest absolute Gasteiger partial charge is 0.450 e. The summed E-state index contributed by atoms with van der Waals surface area (Å²) in [6.45, 7) is 4.68. The van der Waals surface area contributed by atoms with Gasteiger partial charge in [-0.15, -0.1) is 0 Å². The molecule has 4 fully saturated rings. The van der Waals surface area contributed by atoms with Gasteiger partial charge in [-0.25, -0.2) is 0 Å². The van der Waals surface area contributed by atoms with Crippen LogP contribution < -0.4 is 0 Å². The van der Waals surface area contributed by atoms with E-state index in [0.717, 1.165) is 19.3 Å². The van der Waals surface area contributed by atoms with Crippen LogP contribution in [0.1, 0.15) is 78.6 Å². The number of Topliss-reactive ketones (excluding diaryl/α,β-unsaturated/α-hetero) is 3. The number of hydrogen-bond donors (Lipinski definition) is 1. The SMILES string of the molecule is CC(CCC(=O)OC(CO)C(F)(F)F)C1CCC2C3C(=O)CC4CC(=O)CCC4(C)C3CC(=O)C12C. The van der Waals surface area contributed by atoms with E-state index >= 15 is 0 Å². The molecule has 4 rings (SSSR count). The Morgan fingerprint density at radius 2 is 1.81 bits per heavy atom. The van der Waals surface area contributed by atoms with Gasteiger partial charge in [-0.3, -0.25) is 19.2 Å². The van der Waals surface area contributed by atoms with Gasteiger partial charge in [0.25, 0.3) is 0 Å². The van der Waals surface area contributed by atoms with Crippen LogP contribution in [0.25, 0.3) is 0 Å². The van der Waals surface area contributed by atoms with Crippen LogP contribution in [0.3, 0.4) is 0 Å². The third-order valence-electron chi connectivity index (χ3n) is 10.5. The Hall–Kier alpha value is -1.77. The van der Waals surface area contributed by atoms with Gasteiger partial charge in [-0.05, 0) is 60.7 Å². The topological polar surface area (TPSA) is 97.7 Å². The van der Waals surface area contributed by atoms with Crippen LogP contribution in [-0.2, 0) is 23.9 Å². The first-order chi connectivity index (χ1) is 16.7. The van der Waals surface area contributed by atoms with Crippen LogP contribution in [0.2, 0.25) is 0 Å². The highest BCUT2D eigenvalue weighted by Crippen LogP contribution is 2.66. The van der Waals surface area contributed by atoms with E-state index < -0.39 is 30.3 Å². The lowest BCUT2D eigenvalue weighted by molar-refractivity contribution is -0.228. The third kappa shape index (κ3) is 4.43. The molecule has 0 heterocycles. The molecule has 9 atom stereocenters. The number of aliphatic hydroxyl groups excluding tert-OH is 1. The van der Waals surface area contributed by atoms with E-state index in [9.17, 15) is 32.3 Å². The van der Waals surface area contributed by atoms with Gasteiger partial charge >= 0.3 is 12.1 Å². The molecule has 0 spiro atoms. The first kappa shape index (κ1) is 27.3. The number of halogens is 3. The number of carbonyl (C=O) groups is 4. The molecule has 6 nitrogen and oxygen atoms in total. The molecule has 0 aromatic heterocycles. The summed E-state index contributed by atoms with van der Waals surface area (Å²) in [6, 6.07) is 0. The van der Waals surface area contributed by atoms with Crippen LogP contribution in [0.4, 0.5) is 13.2 Å². The molecular formula is C27H37F3O6. The highest BCUT2D eigenvalue weighted by molar-refractivity contribution is 5.93. The van der Waals surface area contributed by atoms with Gasteiger partial charge in [-0.1, -0.05) is 20.8 Å². The smallest absolute Gasteiger partial charge is 0.427 e. The molecule has 0 aliphatic heterocycles. The fourth-order valence-electron chi connectivity index (χ4n) is 8.36. The molecule has 0 aromatic rings. The molecule has 36 heavy (non-hydrogen) atoms. The summed E-state index contributed by atoms with van der Waals surface area (Å²) in [5.41, 5.74) is -0.911. The highest BCUT2D eigenvalue weighted by Gasteiger charge is 2.66. The number of ketones is 3. The van der Waals surface area contributed by atoms with Crippen molar-refractivity contribution in [3.05, 3.63) is 0 Å². The van der Waals surface area contributed by atoms with Crippen molar-refractivity contribution in [1.29, 1.82) is 0 Å². The summed E-state index contributed by atoms with van der Waals surface area (Å²) in [6.07, 6.45) is -3.54. The minimum Gasteiger partial charge on any atom is -0.450 e. The molecule has 0 amide bonds. The van der Waals surface area contributed by atoms with Crippen LogP contribution in [0.5, 0.6) is 0 Å². The maximum Gasteiger partial charge on any atom is 0.427 e. The second-order valence-corrected chi connectivity index (χ2v) is 12.2. The zero-order valence-electron chi connectivity index (χ0n) is 21.2. The Balaban J connectivity index is 1.47. The fraction of sp³-hybridized carbons (Fsp3) is 0.852. The quantitative estimate of drug-likeness (QED) is 0.526. The van der Waals surface area contributed by atoms with Crippen LogP contribution in [0.15, 0.2) is 0 Å². The number of ether oxygens (including phenoxy) is 1. The molecule has 202 valence electrons. The zero-order chi connectivity index (χ0) is 26.6. The monoisotopic (exact) mass is 514 g/mol. The van der Waals surface area contributed by atoms with Gasteiger partial charge in [0.05, 0.1) is 6.61 Å². The van der Waals surface area contributed by atoms with Gasteiger partial charge in [0.2, 0.25) is 6.10 Å². The van der Waals surface area contributed by atoms with Crippen molar-refractivity contribution in [2.75, 3.05) is 6.61 Å². The minimum atomic E-state index is -4.83. The second-order valence-electron chi connectivity index (χ2n) is 12.2. The predicted molar refractivity (Wildman–Crippen MR) is 122 cm³/mol. The predicted octanol–water partition coefficient (Wildman–Crippen LogP) is 4.46. The molecular weight excluding hydrogens is 477 g/mol. The summed E-state index contributed by atoms with van der Waals surface area (Å²) in [5, 5.41) is 8.89. The molecule has 4 aliphatic rings. The molecule has 9 heteroatoms. The van der Waals surface area contributed by atoms with E-state index in [-0.39, 0.29) is 71.1 Å². The van der Waals surface area contributed by atoms with Crippen LogP contribution in [-0.4, -0.2) is 47.3 Å². The first-order valence-corrected chi connectivity index (χ1v) is 13.2. The van der Waals surface area contributed by atoms with E-state index in [0.29, 0.717) is 25.7 Å². The normalized spacial score (nSPS) is 40.2. The molecule has 0 bridgehead atoms. The van der Waals surface area contributed by atoms with Crippen molar-refractivity contribution in [3.63, 3.8) is 0 Å². The summed E-state index contributed by atoms with van der Waals surface area (Å²) >= 11 is 0. The molecule has 1 N–H and O–H groups in total. The summed E-state index contributed by atoms with van der Waals surface area (Å²) < 4.78 is 42.8. The minimum absolute atomic E-state index is 0.00578. The average molecular weight is 515 g/mol. The van der Waals surface area contributed by atoms with E-state index in [1.807, 2.05) is 13.8 Å². The average Bonchev–Trinajstić information content (AvgIpc) is 3.15. The Kier molecular flexibility index (Phi) is 7.21. The Morgan fingerprint density at radius 1 is 1.11 bits per heavy atom. The summed E-state index contributed by atoms with van der Waals surface area (Å²) in [7, 11) is 0. The highest BCUT2D eigenvalue weighted by atomic mass is 19.4. The molecule has 0 aromatic carbocycles. The molecule has 4 saturated carbocycles. The van der Waals surface area contributed by atoms with Crippen molar-refractivity contribution >= 4 is 23.3 Å². The van der Waals surface area contributed by atoms with E-state index in [1.54, 1.807) is 0 Å². The number of rotatable bonds is 6. The Bertz CT molecular complexity index is 931. The Labute approximate surface area is 209 Å². The Morgan fingerprint density at radius 3 is 2.44 bits per heavy atom. The van der Waals surface area contributed by atoms with Crippen molar-refractivity contribution < 1.29 is 42.2 Å². The van der Waals surface area contributed by atoms with E-state index in [4.69, 9.17) is 5.11 Å². The van der Waals surface area contributed by atoms with Crippen molar-refractivity contribution in [1.82, 2.24) is 0 Å². The van der Waals surface area contributed by atoms with E-state index in [1.165, 1.54) is 0 Å². The summed E-state index contributed by atoms with van der Waals surface area (Å²) in [4.78, 5) is 51.4. The van der Waals surface area contributed by atoms with Gasteiger partial charge in [0.1, 0.15) is 17.3 Å². The van der Waals surface area contributed by atoms with Gasteiger partial charge in [0, 0.05) is 43.4 Å². The third-order valence-corrected chi connectivity index (χ3v) is 10.5. The standard InChI is InChI=1S/C27H37F3O6/c1-14(4-7-23(35)36-22(13-31)27(28,29)30)17-5-6-18-24-19(12-21(34)26(17,18)3)25(2)9-8-16(32)10-15(25)11-20(24)33/h14-15,17-19,22,24,31H,4-13H2,1-3H3. The van der Waals surface area contributed by atoms with Crippen LogP contribution in [0, 0.1) is 46.3 Å². The van der Waals surface area contributed by atoms with Crippen molar-refractivity contribution in [2.45, 2.75) is 90.8 Å². The lowest BCUT2D eigenvalue weighted by atomic mass is 9.44. The van der Waals surface area contributed by atoms with Crippen LogP contribution >= 0.6 is 0 Å².